The zero-order chi connectivity index (χ0) is 21.5. The van der Waals surface area contributed by atoms with Crippen LogP contribution in [0.5, 0.6) is 11.6 Å². The van der Waals surface area contributed by atoms with Crippen molar-refractivity contribution in [3.05, 3.63) is 52.2 Å². The second-order valence-electron chi connectivity index (χ2n) is 7.82. The molecule has 0 N–H and O–H groups in total. The molecular weight excluding hydrogens is 382 g/mol. The number of ether oxygens (including phenoxy) is 1. The molecule has 30 heavy (non-hydrogen) atoms. The molecule has 1 atom stereocenters. The maximum atomic E-state index is 12.0. The van der Waals surface area contributed by atoms with Gasteiger partial charge >= 0.3 is 11.6 Å². The Morgan fingerprint density at radius 1 is 1.27 bits per heavy atom. The number of Topliss-reactive ketones (excluding diaryl/α,β-unsaturated/α-hetero) is 1. The molecule has 1 aliphatic heterocycles. The molecule has 160 valence electrons. The van der Waals surface area contributed by atoms with Crippen LogP contribution >= 0.6 is 0 Å². The molecule has 0 spiro atoms. The van der Waals surface area contributed by atoms with E-state index in [-0.39, 0.29) is 17.4 Å². The maximum Gasteiger partial charge on any atom is 0.354 e. The quantitative estimate of drug-likeness (QED) is 0.402. The van der Waals surface area contributed by atoms with E-state index in [1.165, 1.54) is 0 Å². The van der Waals surface area contributed by atoms with E-state index in [2.05, 4.69) is 16.8 Å². The van der Waals surface area contributed by atoms with Gasteiger partial charge in [0.1, 0.15) is 17.2 Å². The van der Waals surface area contributed by atoms with Gasteiger partial charge in [0.2, 0.25) is 0 Å². The standard InChI is InChI=1S/C23H29N3O4/c1-3-6-19-7-4-5-16-25(19)21-14-15-24-23(22(21)26(28)29)30-20-12-10-18(11-13-20)9-8-17(2)27/h10-15,19H,3-9,16H2,1-2H3. The van der Waals surface area contributed by atoms with E-state index in [0.717, 1.165) is 44.2 Å². The number of aromatic nitrogens is 1. The van der Waals surface area contributed by atoms with E-state index in [1.807, 2.05) is 12.1 Å². The summed E-state index contributed by atoms with van der Waals surface area (Å²) in [4.78, 5) is 29.1. The van der Waals surface area contributed by atoms with Gasteiger partial charge in [-0.15, -0.1) is 0 Å². The van der Waals surface area contributed by atoms with E-state index in [9.17, 15) is 14.9 Å². The average molecular weight is 412 g/mol. The lowest BCUT2D eigenvalue weighted by atomic mass is 9.97. The lowest BCUT2D eigenvalue weighted by Crippen LogP contribution is -2.39. The van der Waals surface area contributed by atoms with Gasteiger partial charge in [0.15, 0.2) is 0 Å². The lowest BCUT2D eigenvalue weighted by molar-refractivity contribution is -0.385. The third-order valence-corrected chi connectivity index (χ3v) is 5.51. The number of hydrogen-bond donors (Lipinski definition) is 0. The minimum atomic E-state index is -0.392. The molecule has 1 aliphatic rings. The molecule has 2 aromatic rings. The Balaban J connectivity index is 1.86. The number of rotatable bonds is 9. The van der Waals surface area contributed by atoms with Gasteiger partial charge < -0.3 is 14.4 Å². The molecule has 0 aliphatic carbocycles. The number of anilines is 1. The average Bonchev–Trinajstić information content (AvgIpc) is 2.73. The van der Waals surface area contributed by atoms with E-state index >= 15 is 0 Å². The molecule has 0 saturated carbocycles. The Kier molecular flexibility index (Phi) is 7.38. The molecule has 1 saturated heterocycles. The summed E-state index contributed by atoms with van der Waals surface area (Å²) in [6, 6.07) is 9.29. The number of ketones is 1. The van der Waals surface area contributed by atoms with Crippen molar-refractivity contribution < 1.29 is 14.5 Å². The van der Waals surface area contributed by atoms with Crippen molar-refractivity contribution >= 4 is 17.2 Å². The van der Waals surface area contributed by atoms with E-state index in [1.54, 1.807) is 31.3 Å². The summed E-state index contributed by atoms with van der Waals surface area (Å²) in [7, 11) is 0. The molecule has 0 bridgehead atoms. The third kappa shape index (κ3) is 5.34. The third-order valence-electron chi connectivity index (χ3n) is 5.51. The molecular formula is C23H29N3O4. The first-order valence-corrected chi connectivity index (χ1v) is 10.7. The lowest BCUT2D eigenvalue weighted by Gasteiger charge is -2.37. The molecule has 0 radical (unpaired) electrons. The van der Waals surface area contributed by atoms with Gasteiger partial charge in [-0.1, -0.05) is 25.5 Å². The van der Waals surface area contributed by atoms with E-state index < -0.39 is 4.92 Å². The normalized spacial score (nSPS) is 16.3. The van der Waals surface area contributed by atoms with Crippen molar-refractivity contribution in [1.29, 1.82) is 0 Å². The molecule has 7 heteroatoms. The summed E-state index contributed by atoms with van der Waals surface area (Å²) in [5, 5.41) is 12.0. The van der Waals surface area contributed by atoms with Crippen LogP contribution in [-0.4, -0.2) is 28.3 Å². The van der Waals surface area contributed by atoms with Crippen molar-refractivity contribution in [2.45, 2.75) is 64.8 Å². The van der Waals surface area contributed by atoms with Gasteiger partial charge in [0, 0.05) is 25.2 Å². The van der Waals surface area contributed by atoms with Crippen molar-refractivity contribution in [1.82, 2.24) is 4.98 Å². The van der Waals surface area contributed by atoms with Crippen LogP contribution in [0.15, 0.2) is 36.5 Å². The highest BCUT2D eigenvalue weighted by atomic mass is 16.6. The first kappa shape index (κ1) is 21.7. The molecule has 2 heterocycles. The Morgan fingerprint density at radius 3 is 2.70 bits per heavy atom. The van der Waals surface area contributed by atoms with Crippen molar-refractivity contribution in [3.63, 3.8) is 0 Å². The van der Waals surface area contributed by atoms with Gasteiger partial charge in [-0.25, -0.2) is 4.98 Å². The van der Waals surface area contributed by atoms with Crippen LogP contribution in [0.3, 0.4) is 0 Å². The van der Waals surface area contributed by atoms with Crippen LogP contribution in [0.2, 0.25) is 0 Å². The van der Waals surface area contributed by atoms with Crippen molar-refractivity contribution in [2.24, 2.45) is 0 Å². The number of carbonyl (C=O) groups excluding carboxylic acids is 1. The number of piperidine rings is 1. The smallest absolute Gasteiger partial charge is 0.354 e. The molecule has 7 nitrogen and oxygen atoms in total. The van der Waals surface area contributed by atoms with Crippen LogP contribution < -0.4 is 9.64 Å². The van der Waals surface area contributed by atoms with Crippen LogP contribution in [0.25, 0.3) is 0 Å². The minimum Gasteiger partial charge on any atom is -0.434 e. The Bertz CT molecular complexity index is 881. The predicted molar refractivity (Wildman–Crippen MR) is 116 cm³/mol. The second kappa shape index (κ2) is 10.2. The summed E-state index contributed by atoms with van der Waals surface area (Å²) >= 11 is 0. The number of hydrogen-bond acceptors (Lipinski definition) is 6. The zero-order valence-corrected chi connectivity index (χ0v) is 17.7. The number of benzene rings is 1. The summed E-state index contributed by atoms with van der Waals surface area (Å²) in [5.41, 5.74) is 1.52. The highest BCUT2D eigenvalue weighted by Crippen LogP contribution is 2.40. The van der Waals surface area contributed by atoms with Gasteiger partial charge in [-0.2, -0.15) is 0 Å². The van der Waals surface area contributed by atoms with Gasteiger partial charge in [-0.05, 0) is 62.8 Å². The van der Waals surface area contributed by atoms with Crippen LogP contribution in [0.4, 0.5) is 11.4 Å². The zero-order valence-electron chi connectivity index (χ0n) is 17.7. The number of nitrogens with zero attached hydrogens (tertiary/aromatic N) is 3. The van der Waals surface area contributed by atoms with Crippen molar-refractivity contribution in [2.75, 3.05) is 11.4 Å². The fourth-order valence-corrected chi connectivity index (χ4v) is 4.01. The van der Waals surface area contributed by atoms with Crippen molar-refractivity contribution in [3.8, 4) is 11.6 Å². The summed E-state index contributed by atoms with van der Waals surface area (Å²) in [6.45, 7) is 4.52. The van der Waals surface area contributed by atoms with Crippen LogP contribution in [-0.2, 0) is 11.2 Å². The monoisotopic (exact) mass is 411 g/mol. The molecule has 3 rings (SSSR count). The van der Waals surface area contributed by atoms with Gasteiger partial charge in [0.05, 0.1) is 4.92 Å². The highest BCUT2D eigenvalue weighted by molar-refractivity contribution is 5.75. The largest absolute Gasteiger partial charge is 0.434 e. The maximum absolute atomic E-state index is 12.0. The SMILES string of the molecule is CCCC1CCCCN1c1ccnc(Oc2ccc(CCC(C)=O)cc2)c1[N+](=O)[O-]. The van der Waals surface area contributed by atoms with Gasteiger partial charge in [0.25, 0.3) is 0 Å². The highest BCUT2D eigenvalue weighted by Gasteiger charge is 2.31. The molecule has 1 unspecified atom stereocenters. The van der Waals surface area contributed by atoms with Crippen LogP contribution in [0.1, 0.15) is 57.9 Å². The van der Waals surface area contributed by atoms with Crippen LogP contribution in [0, 0.1) is 10.1 Å². The summed E-state index contributed by atoms with van der Waals surface area (Å²) < 4.78 is 5.83. The number of pyridine rings is 1. The first-order chi connectivity index (χ1) is 14.5. The first-order valence-electron chi connectivity index (χ1n) is 10.7. The molecule has 1 aromatic heterocycles. The summed E-state index contributed by atoms with van der Waals surface area (Å²) in [5.74, 6) is 0.638. The molecule has 1 aromatic carbocycles. The van der Waals surface area contributed by atoms with E-state index in [0.29, 0.717) is 30.3 Å². The minimum absolute atomic E-state index is 0.00908. The number of nitro groups is 1. The number of aryl methyl sites for hydroxylation is 1. The van der Waals surface area contributed by atoms with Gasteiger partial charge in [-0.3, -0.25) is 10.1 Å². The number of carbonyl (C=O) groups is 1. The fourth-order valence-electron chi connectivity index (χ4n) is 4.01. The summed E-state index contributed by atoms with van der Waals surface area (Å²) in [6.07, 6.45) is 8.01. The Morgan fingerprint density at radius 2 is 2.03 bits per heavy atom. The Hall–Kier alpha value is -2.96. The fraction of sp³-hybridized carbons (Fsp3) is 0.478. The van der Waals surface area contributed by atoms with E-state index in [4.69, 9.17) is 4.74 Å². The molecule has 1 fully saturated rings. The molecule has 0 amide bonds. The Labute approximate surface area is 177 Å². The predicted octanol–water partition coefficient (Wildman–Crippen LogP) is 5.46. The topological polar surface area (TPSA) is 85.6 Å². The second-order valence-corrected chi connectivity index (χ2v) is 7.82.